The van der Waals surface area contributed by atoms with E-state index in [1.807, 2.05) is 0 Å². The molecule has 1 aromatic carbocycles. The molecule has 23 heavy (non-hydrogen) atoms. The molecular formula is C15H11Cl2FN2O3. The van der Waals surface area contributed by atoms with E-state index in [9.17, 15) is 14.0 Å². The average Bonchev–Trinajstić information content (AvgIpc) is 2.49. The minimum atomic E-state index is -1.66. The van der Waals surface area contributed by atoms with E-state index in [4.69, 9.17) is 28.3 Å². The van der Waals surface area contributed by atoms with Crippen molar-refractivity contribution in [2.45, 2.75) is 12.5 Å². The number of Topliss-reactive ketones (excluding diaryl/α,β-unsaturated/α-hetero) is 1. The summed E-state index contributed by atoms with van der Waals surface area (Å²) in [5.74, 6) is -1.43. The number of halogens is 3. The van der Waals surface area contributed by atoms with Crippen molar-refractivity contribution in [3.63, 3.8) is 0 Å². The van der Waals surface area contributed by atoms with Crippen LogP contribution in [0.2, 0.25) is 10.2 Å². The number of carboxylic acid groups (broad SMARTS) is 1. The molecular weight excluding hydrogens is 346 g/mol. The molecule has 0 aliphatic rings. The first kappa shape index (κ1) is 17.2. The van der Waals surface area contributed by atoms with Gasteiger partial charge in [0, 0.05) is 17.3 Å². The van der Waals surface area contributed by atoms with E-state index in [0.717, 1.165) is 6.07 Å². The van der Waals surface area contributed by atoms with Crippen LogP contribution in [0.3, 0.4) is 0 Å². The fourth-order valence-electron chi connectivity index (χ4n) is 2.07. The van der Waals surface area contributed by atoms with Crippen molar-refractivity contribution in [2.24, 2.45) is 0 Å². The van der Waals surface area contributed by atoms with Crippen LogP contribution in [0.15, 0.2) is 36.5 Å². The maximum absolute atomic E-state index is 13.6. The summed E-state index contributed by atoms with van der Waals surface area (Å²) in [6.45, 7) is 1.36. The highest BCUT2D eigenvalue weighted by molar-refractivity contribution is 6.31. The third-order valence-corrected chi connectivity index (χ3v) is 3.83. The predicted octanol–water partition coefficient (Wildman–Crippen LogP) is 3.89. The molecule has 2 rings (SSSR count). The number of hydrogen-bond acceptors (Lipinski definition) is 3. The molecule has 120 valence electrons. The lowest BCUT2D eigenvalue weighted by atomic mass is 9.85. The third-order valence-electron chi connectivity index (χ3n) is 3.30. The van der Waals surface area contributed by atoms with Crippen LogP contribution in [0.25, 0.3) is 0 Å². The number of rotatable bonds is 4. The van der Waals surface area contributed by atoms with E-state index in [1.54, 1.807) is 0 Å². The molecule has 0 aliphatic carbocycles. The van der Waals surface area contributed by atoms with Crippen molar-refractivity contribution in [2.75, 3.05) is 0 Å². The molecule has 1 heterocycles. The highest BCUT2D eigenvalue weighted by Gasteiger charge is 2.38. The van der Waals surface area contributed by atoms with Crippen LogP contribution < -0.4 is 5.32 Å². The van der Waals surface area contributed by atoms with Crippen LogP contribution in [0.4, 0.5) is 9.18 Å². The lowest BCUT2D eigenvalue weighted by molar-refractivity contribution is 0.0854. The highest BCUT2D eigenvalue weighted by atomic mass is 35.5. The molecule has 8 heteroatoms. The summed E-state index contributed by atoms with van der Waals surface area (Å²) in [7, 11) is 0. The summed E-state index contributed by atoms with van der Waals surface area (Å²) in [5, 5.41) is 11.3. The average molecular weight is 357 g/mol. The van der Waals surface area contributed by atoms with Crippen molar-refractivity contribution in [3.05, 3.63) is 63.6 Å². The Bertz CT molecular complexity index is 768. The van der Waals surface area contributed by atoms with Gasteiger partial charge in [-0.2, -0.15) is 0 Å². The van der Waals surface area contributed by atoms with Gasteiger partial charge in [0.15, 0.2) is 5.78 Å². The largest absolute Gasteiger partial charge is 0.465 e. The molecule has 0 saturated heterocycles. The van der Waals surface area contributed by atoms with Gasteiger partial charge in [0.25, 0.3) is 0 Å². The number of nitrogens with zero attached hydrogens (tertiary/aromatic N) is 1. The van der Waals surface area contributed by atoms with Crippen LogP contribution in [0.1, 0.15) is 22.8 Å². The van der Waals surface area contributed by atoms with Crippen molar-refractivity contribution in [3.8, 4) is 0 Å². The summed E-state index contributed by atoms with van der Waals surface area (Å²) in [4.78, 5) is 27.7. The first-order valence-corrected chi connectivity index (χ1v) is 7.12. The molecule has 1 unspecified atom stereocenters. The van der Waals surface area contributed by atoms with Gasteiger partial charge in [-0.3, -0.25) is 4.79 Å². The SMILES string of the molecule is CC(NC(=O)O)(C(=O)c1ccc(Cl)c(F)c1)c1ccc(Cl)nc1. The first-order chi connectivity index (χ1) is 10.7. The number of amides is 1. The monoisotopic (exact) mass is 356 g/mol. The minimum absolute atomic E-state index is 0.0295. The van der Waals surface area contributed by atoms with E-state index in [-0.39, 0.29) is 21.3 Å². The van der Waals surface area contributed by atoms with Gasteiger partial charge >= 0.3 is 6.09 Å². The summed E-state index contributed by atoms with van der Waals surface area (Å²) < 4.78 is 13.6. The van der Waals surface area contributed by atoms with Gasteiger partial charge in [-0.15, -0.1) is 0 Å². The number of pyridine rings is 1. The number of ketones is 1. The number of benzene rings is 1. The summed E-state index contributed by atoms with van der Waals surface area (Å²) in [5.41, 5.74) is -1.42. The number of carbonyl (C=O) groups excluding carboxylic acids is 1. The van der Waals surface area contributed by atoms with Gasteiger partial charge in [0.05, 0.1) is 5.02 Å². The van der Waals surface area contributed by atoms with E-state index < -0.39 is 23.2 Å². The second-order valence-electron chi connectivity index (χ2n) is 4.88. The Morgan fingerprint density at radius 3 is 2.48 bits per heavy atom. The van der Waals surface area contributed by atoms with Crippen molar-refractivity contribution in [1.82, 2.24) is 10.3 Å². The van der Waals surface area contributed by atoms with E-state index in [2.05, 4.69) is 10.3 Å². The molecule has 0 spiro atoms. The Morgan fingerprint density at radius 2 is 1.96 bits per heavy atom. The van der Waals surface area contributed by atoms with Crippen LogP contribution in [0.5, 0.6) is 0 Å². The van der Waals surface area contributed by atoms with E-state index in [1.165, 1.54) is 37.4 Å². The van der Waals surface area contributed by atoms with Gasteiger partial charge in [-0.25, -0.2) is 14.2 Å². The molecule has 0 fully saturated rings. The zero-order chi connectivity index (χ0) is 17.2. The van der Waals surface area contributed by atoms with Gasteiger partial charge < -0.3 is 10.4 Å². The molecule has 1 amide bonds. The molecule has 0 radical (unpaired) electrons. The van der Waals surface area contributed by atoms with Crippen molar-refractivity contribution < 1.29 is 19.1 Å². The van der Waals surface area contributed by atoms with Crippen LogP contribution in [-0.4, -0.2) is 22.0 Å². The standard InChI is InChI=1S/C15H11Cl2FN2O3/c1-15(20-14(22)23,9-3-5-12(17)19-7-9)13(21)8-2-4-10(16)11(18)6-8/h2-7,20H,1H3,(H,22,23). The second kappa shape index (κ2) is 6.52. The second-order valence-corrected chi connectivity index (χ2v) is 5.68. The lowest BCUT2D eigenvalue weighted by Gasteiger charge is -2.28. The zero-order valence-corrected chi connectivity index (χ0v) is 13.3. The summed E-state index contributed by atoms with van der Waals surface area (Å²) in [6, 6.07) is 6.39. The predicted molar refractivity (Wildman–Crippen MR) is 83.5 cm³/mol. The maximum atomic E-state index is 13.6. The number of carbonyl (C=O) groups is 2. The normalized spacial score (nSPS) is 13.2. The van der Waals surface area contributed by atoms with Crippen LogP contribution in [0, 0.1) is 5.82 Å². The molecule has 2 aromatic rings. The molecule has 1 atom stereocenters. The highest BCUT2D eigenvalue weighted by Crippen LogP contribution is 2.27. The fourth-order valence-corrected chi connectivity index (χ4v) is 2.30. The van der Waals surface area contributed by atoms with Crippen LogP contribution in [-0.2, 0) is 5.54 Å². The molecule has 5 nitrogen and oxygen atoms in total. The smallest absolute Gasteiger partial charge is 0.405 e. The quantitative estimate of drug-likeness (QED) is 0.643. The zero-order valence-electron chi connectivity index (χ0n) is 11.8. The molecule has 1 aromatic heterocycles. The third kappa shape index (κ3) is 3.60. The van der Waals surface area contributed by atoms with Gasteiger partial charge in [-0.1, -0.05) is 29.3 Å². The number of hydrogen-bond donors (Lipinski definition) is 2. The first-order valence-electron chi connectivity index (χ1n) is 6.37. The molecule has 2 N–H and O–H groups in total. The lowest BCUT2D eigenvalue weighted by Crippen LogP contribution is -2.49. The molecule has 0 bridgehead atoms. The molecule has 0 aliphatic heterocycles. The Kier molecular flexibility index (Phi) is 4.87. The summed E-state index contributed by atoms with van der Waals surface area (Å²) in [6.07, 6.45) is -0.132. The topological polar surface area (TPSA) is 79.3 Å². The number of nitrogens with one attached hydrogen (secondary N) is 1. The van der Waals surface area contributed by atoms with E-state index in [0.29, 0.717) is 0 Å². The fraction of sp³-hybridized carbons (Fsp3) is 0.133. The van der Waals surface area contributed by atoms with Crippen molar-refractivity contribution in [1.29, 1.82) is 0 Å². The Hall–Kier alpha value is -2.18. The summed E-state index contributed by atoms with van der Waals surface area (Å²) >= 11 is 11.3. The van der Waals surface area contributed by atoms with Gasteiger partial charge in [0.2, 0.25) is 0 Å². The van der Waals surface area contributed by atoms with Crippen molar-refractivity contribution >= 4 is 35.1 Å². The van der Waals surface area contributed by atoms with Gasteiger partial charge in [-0.05, 0) is 31.2 Å². The van der Waals surface area contributed by atoms with Gasteiger partial charge in [0.1, 0.15) is 16.5 Å². The minimum Gasteiger partial charge on any atom is -0.465 e. The molecule has 0 saturated carbocycles. The Balaban J connectivity index is 2.52. The van der Waals surface area contributed by atoms with E-state index >= 15 is 0 Å². The Labute approximate surface area is 141 Å². The Morgan fingerprint density at radius 1 is 1.26 bits per heavy atom. The van der Waals surface area contributed by atoms with Crippen LogP contribution >= 0.6 is 23.2 Å². The number of aromatic nitrogens is 1. The maximum Gasteiger partial charge on any atom is 0.405 e.